The molecule has 0 saturated heterocycles. The third-order valence-electron chi connectivity index (χ3n) is 3.46. The number of carbonyl (C=O) groups is 1. The van der Waals surface area contributed by atoms with Gasteiger partial charge in [-0.1, -0.05) is 18.2 Å². The third kappa shape index (κ3) is 3.92. The van der Waals surface area contributed by atoms with E-state index in [1.54, 1.807) is 39.5 Å². The van der Waals surface area contributed by atoms with Crippen molar-refractivity contribution in [3.05, 3.63) is 59.2 Å². The molecule has 0 fully saturated rings. The minimum absolute atomic E-state index is 0.114. The second-order valence-corrected chi connectivity index (χ2v) is 5.02. The number of rotatable bonds is 6. The van der Waals surface area contributed by atoms with E-state index in [0.717, 1.165) is 11.1 Å². The summed E-state index contributed by atoms with van der Waals surface area (Å²) in [5.41, 5.74) is 2.43. The van der Waals surface area contributed by atoms with Crippen LogP contribution in [0.15, 0.2) is 42.5 Å². The third-order valence-corrected chi connectivity index (χ3v) is 3.46. The normalized spacial score (nSPS) is 10.6. The molecule has 0 aliphatic rings. The zero-order valence-corrected chi connectivity index (χ0v) is 13.8. The summed E-state index contributed by atoms with van der Waals surface area (Å²) in [4.78, 5) is 12.4. The van der Waals surface area contributed by atoms with Crippen LogP contribution in [0.1, 0.15) is 21.5 Å². The molecule has 0 aliphatic carbocycles. The Bertz CT molecular complexity index is 732. The van der Waals surface area contributed by atoms with Crippen LogP contribution in [0.4, 0.5) is 0 Å². The number of hydrogen-bond acceptors (Lipinski definition) is 4. The van der Waals surface area contributed by atoms with E-state index in [2.05, 4.69) is 0 Å². The molecule has 0 bridgehead atoms. The van der Waals surface area contributed by atoms with Crippen molar-refractivity contribution in [1.29, 1.82) is 0 Å². The van der Waals surface area contributed by atoms with Gasteiger partial charge in [-0.05, 0) is 48.4 Å². The Hall–Kier alpha value is -2.75. The van der Waals surface area contributed by atoms with Crippen molar-refractivity contribution < 1.29 is 19.0 Å². The Labute approximate surface area is 136 Å². The maximum absolute atomic E-state index is 12.4. The van der Waals surface area contributed by atoms with Gasteiger partial charge in [0.25, 0.3) is 0 Å². The molecular weight excluding hydrogens is 292 g/mol. The average molecular weight is 312 g/mol. The van der Waals surface area contributed by atoms with E-state index in [9.17, 15) is 4.79 Å². The number of carbonyl (C=O) groups excluding carboxylic acids is 1. The Kier molecular flexibility index (Phi) is 5.41. The number of aryl methyl sites for hydroxylation is 1. The number of ketones is 1. The molecule has 0 radical (unpaired) electrons. The van der Waals surface area contributed by atoms with Gasteiger partial charge < -0.3 is 14.2 Å². The van der Waals surface area contributed by atoms with Gasteiger partial charge in [-0.3, -0.25) is 4.79 Å². The highest BCUT2D eigenvalue weighted by atomic mass is 16.5. The molecule has 0 unspecified atom stereocenters. The Morgan fingerprint density at radius 3 is 2.22 bits per heavy atom. The molecule has 0 aliphatic heterocycles. The Morgan fingerprint density at radius 2 is 1.57 bits per heavy atom. The number of benzene rings is 2. The number of methoxy groups -OCH3 is 3. The summed E-state index contributed by atoms with van der Waals surface area (Å²) in [5, 5.41) is 0. The Morgan fingerprint density at radius 1 is 0.870 bits per heavy atom. The molecule has 4 heteroatoms. The molecule has 2 aromatic rings. The molecule has 4 nitrogen and oxygen atoms in total. The summed E-state index contributed by atoms with van der Waals surface area (Å²) in [6.07, 6.45) is 3.26. The van der Waals surface area contributed by atoms with Gasteiger partial charge in [0, 0.05) is 0 Å². The molecule has 0 N–H and O–H groups in total. The largest absolute Gasteiger partial charge is 0.496 e. The van der Waals surface area contributed by atoms with E-state index in [0.29, 0.717) is 22.8 Å². The molecule has 0 saturated carbocycles. The highest BCUT2D eigenvalue weighted by Crippen LogP contribution is 2.28. The predicted molar refractivity (Wildman–Crippen MR) is 90.6 cm³/mol. The fraction of sp³-hybridized carbons (Fsp3) is 0.211. The van der Waals surface area contributed by atoms with E-state index in [1.807, 2.05) is 31.2 Å². The predicted octanol–water partition coefficient (Wildman–Crippen LogP) is 3.92. The lowest BCUT2D eigenvalue weighted by Crippen LogP contribution is -1.99. The van der Waals surface area contributed by atoms with E-state index >= 15 is 0 Å². The van der Waals surface area contributed by atoms with Gasteiger partial charge in [-0.2, -0.15) is 0 Å². The minimum atomic E-state index is -0.114. The van der Waals surface area contributed by atoms with Gasteiger partial charge in [0.1, 0.15) is 5.75 Å². The van der Waals surface area contributed by atoms with Crippen LogP contribution in [-0.2, 0) is 0 Å². The molecule has 2 aromatic carbocycles. The van der Waals surface area contributed by atoms with Crippen molar-refractivity contribution in [2.24, 2.45) is 0 Å². The zero-order valence-electron chi connectivity index (χ0n) is 13.8. The summed E-state index contributed by atoms with van der Waals surface area (Å²) < 4.78 is 15.7. The van der Waals surface area contributed by atoms with Crippen molar-refractivity contribution in [3.63, 3.8) is 0 Å². The van der Waals surface area contributed by atoms with Crippen LogP contribution in [-0.4, -0.2) is 27.1 Å². The minimum Gasteiger partial charge on any atom is -0.496 e. The lowest BCUT2D eigenvalue weighted by Gasteiger charge is -2.08. The zero-order chi connectivity index (χ0) is 16.8. The van der Waals surface area contributed by atoms with Crippen LogP contribution in [0.3, 0.4) is 0 Å². The van der Waals surface area contributed by atoms with Crippen molar-refractivity contribution in [3.8, 4) is 17.2 Å². The molecule has 23 heavy (non-hydrogen) atoms. The number of allylic oxidation sites excluding steroid dienone is 1. The lowest BCUT2D eigenvalue weighted by molar-refractivity contribution is 0.104. The molecule has 0 spiro atoms. The maximum atomic E-state index is 12.4. The summed E-state index contributed by atoms with van der Waals surface area (Å²) in [5.74, 6) is 1.73. The summed E-state index contributed by atoms with van der Waals surface area (Å²) >= 11 is 0. The topological polar surface area (TPSA) is 44.8 Å². The first-order chi connectivity index (χ1) is 11.1. The van der Waals surface area contributed by atoms with E-state index in [-0.39, 0.29) is 5.78 Å². The quantitative estimate of drug-likeness (QED) is 0.599. The van der Waals surface area contributed by atoms with Gasteiger partial charge in [0.15, 0.2) is 17.3 Å². The first-order valence-electron chi connectivity index (χ1n) is 7.18. The van der Waals surface area contributed by atoms with Crippen molar-refractivity contribution in [1.82, 2.24) is 0 Å². The van der Waals surface area contributed by atoms with E-state index in [4.69, 9.17) is 14.2 Å². The van der Waals surface area contributed by atoms with Crippen LogP contribution < -0.4 is 14.2 Å². The molecule has 0 aromatic heterocycles. The lowest BCUT2D eigenvalue weighted by atomic mass is 10.1. The smallest absolute Gasteiger partial charge is 0.189 e. The van der Waals surface area contributed by atoms with Crippen molar-refractivity contribution >= 4 is 11.9 Å². The molecule has 2 rings (SSSR count). The summed E-state index contributed by atoms with van der Waals surface area (Å²) in [7, 11) is 4.72. The highest BCUT2D eigenvalue weighted by molar-refractivity contribution is 6.08. The second-order valence-electron chi connectivity index (χ2n) is 5.02. The maximum Gasteiger partial charge on any atom is 0.189 e. The SMILES string of the molecule is COc1ccc(C=CC(=O)c2ccc(C)cc2OC)cc1OC. The summed E-state index contributed by atoms with van der Waals surface area (Å²) in [6, 6.07) is 11.0. The Balaban J connectivity index is 2.25. The number of hydrogen-bond donors (Lipinski definition) is 0. The van der Waals surface area contributed by atoms with Gasteiger partial charge in [-0.15, -0.1) is 0 Å². The van der Waals surface area contributed by atoms with Crippen LogP contribution in [0.25, 0.3) is 6.08 Å². The van der Waals surface area contributed by atoms with Crippen LogP contribution >= 0.6 is 0 Å². The fourth-order valence-corrected chi connectivity index (χ4v) is 2.22. The highest BCUT2D eigenvalue weighted by Gasteiger charge is 2.10. The summed E-state index contributed by atoms with van der Waals surface area (Å²) in [6.45, 7) is 1.95. The molecule has 120 valence electrons. The van der Waals surface area contributed by atoms with Crippen molar-refractivity contribution in [2.45, 2.75) is 6.92 Å². The molecule has 0 amide bonds. The molecule has 0 atom stereocenters. The fourth-order valence-electron chi connectivity index (χ4n) is 2.22. The first kappa shape index (κ1) is 16.6. The molecular formula is C19H20O4. The number of ether oxygens (including phenoxy) is 3. The average Bonchev–Trinajstić information content (AvgIpc) is 2.59. The monoisotopic (exact) mass is 312 g/mol. The van der Waals surface area contributed by atoms with Crippen LogP contribution in [0.5, 0.6) is 17.2 Å². The van der Waals surface area contributed by atoms with E-state index < -0.39 is 0 Å². The molecule has 0 heterocycles. The van der Waals surface area contributed by atoms with Gasteiger partial charge in [-0.25, -0.2) is 0 Å². The van der Waals surface area contributed by atoms with Gasteiger partial charge >= 0.3 is 0 Å². The first-order valence-corrected chi connectivity index (χ1v) is 7.18. The van der Waals surface area contributed by atoms with E-state index in [1.165, 1.54) is 6.08 Å². The standard InChI is InChI=1S/C19H20O4/c1-13-5-8-15(18(11-13)22-3)16(20)9-6-14-7-10-17(21-2)19(12-14)23-4/h5-12H,1-4H3. The van der Waals surface area contributed by atoms with Crippen LogP contribution in [0.2, 0.25) is 0 Å². The van der Waals surface area contributed by atoms with Crippen molar-refractivity contribution in [2.75, 3.05) is 21.3 Å². The van der Waals surface area contributed by atoms with Gasteiger partial charge in [0.05, 0.1) is 26.9 Å². The van der Waals surface area contributed by atoms with Gasteiger partial charge in [0.2, 0.25) is 0 Å². The van der Waals surface area contributed by atoms with Crippen LogP contribution in [0, 0.1) is 6.92 Å². The second kappa shape index (κ2) is 7.49.